The number of likely N-dealkylation sites (N-methyl/N-ethyl adjacent to an activating group) is 1. The van der Waals surface area contributed by atoms with Crippen molar-refractivity contribution in [1.29, 1.82) is 0 Å². The topological polar surface area (TPSA) is 42.3 Å². The molecular formula is C20H19ClN2O2. The number of aryl methyl sites for hydroxylation is 2. The van der Waals surface area contributed by atoms with Crippen LogP contribution in [0.1, 0.15) is 11.1 Å². The van der Waals surface area contributed by atoms with Crippen molar-refractivity contribution in [2.45, 2.75) is 13.3 Å². The van der Waals surface area contributed by atoms with E-state index in [1.807, 2.05) is 55.5 Å². The van der Waals surface area contributed by atoms with E-state index >= 15 is 0 Å². The van der Waals surface area contributed by atoms with Gasteiger partial charge in [-0.2, -0.15) is 0 Å². The van der Waals surface area contributed by atoms with Gasteiger partial charge in [0.1, 0.15) is 0 Å². The van der Waals surface area contributed by atoms with Crippen LogP contribution >= 0.6 is 11.6 Å². The van der Waals surface area contributed by atoms with E-state index in [1.165, 1.54) is 4.90 Å². The van der Waals surface area contributed by atoms with Crippen molar-refractivity contribution >= 4 is 34.1 Å². The second-order valence-corrected chi connectivity index (χ2v) is 6.47. The van der Waals surface area contributed by atoms with Crippen LogP contribution in [0.15, 0.2) is 53.3 Å². The first-order chi connectivity index (χ1) is 11.9. The summed E-state index contributed by atoms with van der Waals surface area (Å²) in [6.45, 7) is 1.94. The zero-order chi connectivity index (χ0) is 18.1. The molecule has 0 unspecified atom stereocenters. The largest absolute Gasteiger partial charge is 0.315 e. The van der Waals surface area contributed by atoms with Crippen LogP contribution in [0, 0.1) is 6.92 Å². The van der Waals surface area contributed by atoms with E-state index in [9.17, 15) is 9.59 Å². The number of benzene rings is 2. The zero-order valence-corrected chi connectivity index (χ0v) is 15.2. The van der Waals surface area contributed by atoms with Gasteiger partial charge >= 0.3 is 0 Å². The Bertz CT molecular complexity index is 1010. The fourth-order valence-corrected chi connectivity index (χ4v) is 3.39. The van der Waals surface area contributed by atoms with Crippen molar-refractivity contribution in [3.05, 3.63) is 75.0 Å². The highest BCUT2D eigenvalue weighted by Crippen LogP contribution is 2.28. The summed E-state index contributed by atoms with van der Waals surface area (Å²) in [4.78, 5) is 26.9. The number of para-hydroxylation sites is 1. The molecule has 0 saturated heterocycles. The van der Waals surface area contributed by atoms with Gasteiger partial charge in [0.25, 0.3) is 5.56 Å². The molecule has 2 aromatic carbocycles. The van der Waals surface area contributed by atoms with Gasteiger partial charge < -0.3 is 9.47 Å². The standard InChI is InChI=1S/C20H19ClN2O2/c1-13-8-7-11-16-18(13)19(21)15(20(25)23(16)3)12-17(24)22(2)14-9-5-4-6-10-14/h4-11H,12H2,1-3H3. The number of fused-ring (bicyclic) bond motifs is 1. The quantitative estimate of drug-likeness (QED) is 0.719. The van der Waals surface area contributed by atoms with E-state index in [0.717, 1.165) is 22.2 Å². The van der Waals surface area contributed by atoms with Gasteiger partial charge in [0.2, 0.25) is 5.91 Å². The second kappa shape index (κ2) is 6.73. The summed E-state index contributed by atoms with van der Waals surface area (Å²) in [7, 11) is 3.40. The summed E-state index contributed by atoms with van der Waals surface area (Å²) in [6, 6.07) is 15.0. The Hall–Kier alpha value is -2.59. The third kappa shape index (κ3) is 3.05. The Kier molecular flexibility index (Phi) is 4.64. The Morgan fingerprint density at radius 1 is 1.12 bits per heavy atom. The molecule has 0 aliphatic heterocycles. The van der Waals surface area contributed by atoms with Crippen LogP contribution in [0.25, 0.3) is 10.9 Å². The number of halogens is 1. The van der Waals surface area contributed by atoms with Crippen LogP contribution < -0.4 is 10.5 Å². The third-order valence-electron chi connectivity index (χ3n) is 4.50. The average molecular weight is 355 g/mol. The Balaban J connectivity index is 2.06. The number of hydrogen-bond donors (Lipinski definition) is 0. The molecule has 1 aromatic heterocycles. The zero-order valence-electron chi connectivity index (χ0n) is 14.4. The molecular weight excluding hydrogens is 336 g/mol. The minimum Gasteiger partial charge on any atom is -0.315 e. The highest BCUT2D eigenvalue weighted by molar-refractivity contribution is 6.36. The minimum atomic E-state index is -0.238. The fourth-order valence-electron chi connectivity index (χ4n) is 2.99. The summed E-state index contributed by atoms with van der Waals surface area (Å²) in [5, 5.41) is 1.18. The Morgan fingerprint density at radius 3 is 2.48 bits per heavy atom. The van der Waals surface area contributed by atoms with Crippen LogP contribution in [0.4, 0.5) is 5.69 Å². The molecule has 3 aromatic rings. The van der Waals surface area contributed by atoms with Crippen LogP contribution in [-0.4, -0.2) is 17.5 Å². The van der Waals surface area contributed by atoms with Crippen molar-refractivity contribution < 1.29 is 4.79 Å². The van der Waals surface area contributed by atoms with Crippen LogP contribution in [0.3, 0.4) is 0 Å². The maximum atomic E-state index is 12.7. The molecule has 4 nitrogen and oxygen atoms in total. The summed E-state index contributed by atoms with van der Waals surface area (Å²) >= 11 is 6.53. The number of carbonyl (C=O) groups is 1. The molecule has 0 fully saturated rings. The molecule has 0 aliphatic carbocycles. The minimum absolute atomic E-state index is 0.0405. The summed E-state index contributed by atoms with van der Waals surface area (Å²) < 4.78 is 1.55. The normalized spacial score (nSPS) is 10.9. The maximum Gasteiger partial charge on any atom is 0.256 e. The monoisotopic (exact) mass is 354 g/mol. The van der Waals surface area contributed by atoms with Gasteiger partial charge in [-0.15, -0.1) is 0 Å². The van der Waals surface area contributed by atoms with Crippen LogP contribution in [-0.2, 0) is 18.3 Å². The third-order valence-corrected chi connectivity index (χ3v) is 4.92. The fraction of sp³-hybridized carbons (Fsp3) is 0.200. The lowest BCUT2D eigenvalue weighted by atomic mass is 10.0. The number of anilines is 1. The number of nitrogens with zero attached hydrogens (tertiary/aromatic N) is 2. The molecule has 0 spiro atoms. The first-order valence-corrected chi connectivity index (χ1v) is 8.38. The van der Waals surface area contributed by atoms with Gasteiger partial charge in [-0.1, -0.05) is 41.9 Å². The van der Waals surface area contributed by atoms with Crippen molar-refractivity contribution in [3.8, 4) is 0 Å². The lowest BCUT2D eigenvalue weighted by Gasteiger charge is -2.18. The predicted octanol–water partition coefficient (Wildman–Crippen LogP) is 3.71. The number of hydrogen-bond acceptors (Lipinski definition) is 2. The molecule has 0 bridgehead atoms. The molecule has 1 amide bonds. The van der Waals surface area contributed by atoms with Gasteiger partial charge in [0, 0.05) is 30.7 Å². The summed E-state index contributed by atoms with van der Waals surface area (Å²) in [6.07, 6.45) is -0.0405. The molecule has 25 heavy (non-hydrogen) atoms. The van der Waals surface area contributed by atoms with E-state index in [-0.39, 0.29) is 17.9 Å². The van der Waals surface area contributed by atoms with Crippen LogP contribution in [0.5, 0.6) is 0 Å². The highest BCUT2D eigenvalue weighted by atomic mass is 35.5. The van der Waals surface area contributed by atoms with Crippen LogP contribution in [0.2, 0.25) is 5.02 Å². The van der Waals surface area contributed by atoms with Crippen molar-refractivity contribution in [1.82, 2.24) is 4.57 Å². The van der Waals surface area contributed by atoms with Gasteiger partial charge in [0.05, 0.1) is 17.0 Å². The summed E-state index contributed by atoms with van der Waals surface area (Å²) in [5.74, 6) is -0.182. The lowest BCUT2D eigenvalue weighted by molar-refractivity contribution is -0.117. The lowest BCUT2D eigenvalue weighted by Crippen LogP contribution is -2.32. The molecule has 5 heteroatoms. The molecule has 0 radical (unpaired) electrons. The molecule has 0 saturated carbocycles. The smallest absolute Gasteiger partial charge is 0.256 e. The van der Waals surface area contributed by atoms with Gasteiger partial charge in [0.15, 0.2) is 0 Å². The van der Waals surface area contributed by atoms with Crippen molar-refractivity contribution in [2.24, 2.45) is 7.05 Å². The SMILES string of the molecule is Cc1cccc2c1c(Cl)c(CC(=O)N(C)c1ccccc1)c(=O)n2C. The Morgan fingerprint density at radius 2 is 1.80 bits per heavy atom. The number of rotatable bonds is 3. The number of carbonyl (C=O) groups excluding carboxylic acids is 1. The predicted molar refractivity (Wildman–Crippen MR) is 102 cm³/mol. The van der Waals surface area contributed by atoms with E-state index in [4.69, 9.17) is 11.6 Å². The first-order valence-electron chi connectivity index (χ1n) is 8.00. The van der Waals surface area contributed by atoms with E-state index in [2.05, 4.69) is 0 Å². The first kappa shape index (κ1) is 17.2. The van der Waals surface area contributed by atoms with E-state index < -0.39 is 0 Å². The van der Waals surface area contributed by atoms with Gasteiger partial charge in [-0.05, 0) is 30.7 Å². The van der Waals surface area contributed by atoms with E-state index in [0.29, 0.717) is 10.6 Å². The van der Waals surface area contributed by atoms with Crippen molar-refractivity contribution in [2.75, 3.05) is 11.9 Å². The number of pyridine rings is 1. The number of aromatic nitrogens is 1. The maximum absolute atomic E-state index is 12.7. The van der Waals surface area contributed by atoms with E-state index in [1.54, 1.807) is 18.7 Å². The molecule has 0 atom stereocenters. The molecule has 3 rings (SSSR count). The summed E-state index contributed by atoms with van der Waals surface area (Å²) in [5.41, 5.74) is 2.61. The van der Waals surface area contributed by atoms with Gasteiger partial charge in [-0.25, -0.2) is 0 Å². The molecule has 128 valence electrons. The number of amides is 1. The second-order valence-electron chi connectivity index (χ2n) is 6.09. The Labute approximate surface area is 151 Å². The molecule has 1 heterocycles. The average Bonchev–Trinajstić information content (AvgIpc) is 2.63. The van der Waals surface area contributed by atoms with Crippen molar-refractivity contribution in [3.63, 3.8) is 0 Å². The highest BCUT2D eigenvalue weighted by Gasteiger charge is 2.20. The molecule has 0 aliphatic rings. The molecule has 0 N–H and O–H groups in total. The van der Waals surface area contributed by atoms with Gasteiger partial charge in [-0.3, -0.25) is 9.59 Å².